The topological polar surface area (TPSA) is 128 Å². The first-order valence-electron chi connectivity index (χ1n) is 12.9. The minimum absolute atomic E-state index is 0.0306. The third-order valence-corrected chi connectivity index (χ3v) is 7.02. The third kappa shape index (κ3) is 5.50. The van der Waals surface area contributed by atoms with E-state index in [4.69, 9.17) is 15.2 Å². The Labute approximate surface area is 226 Å². The van der Waals surface area contributed by atoms with Crippen LogP contribution in [0.4, 0.5) is 11.4 Å². The maximum Gasteiger partial charge on any atom is 0.265 e. The molecule has 0 radical (unpaired) electrons. The number of aliphatic imine (C=N–C) groups is 1. The first-order chi connectivity index (χ1) is 18.8. The molecule has 2 aromatic carbocycles. The van der Waals surface area contributed by atoms with Gasteiger partial charge < -0.3 is 30.0 Å². The van der Waals surface area contributed by atoms with E-state index in [2.05, 4.69) is 10.3 Å². The smallest absolute Gasteiger partial charge is 0.265 e. The molecule has 0 aliphatic carbocycles. The fraction of sp³-hybridized carbons (Fsp3) is 0.310. The maximum atomic E-state index is 13.0. The van der Waals surface area contributed by atoms with Gasteiger partial charge in [0.2, 0.25) is 5.91 Å². The van der Waals surface area contributed by atoms with Crippen molar-refractivity contribution < 1.29 is 23.9 Å². The monoisotopic (exact) mass is 529 g/mol. The van der Waals surface area contributed by atoms with Crippen molar-refractivity contribution in [3.63, 3.8) is 0 Å². The van der Waals surface area contributed by atoms with Crippen LogP contribution in [0.3, 0.4) is 0 Å². The summed E-state index contributed by atoms with van der Waals surface area (Å²) < 4.78 is 13.1. The van der Waals surface area contributed by atoms with Crippen molar-refractivity contribution in [2.24, 2.45) is 17.8 Å². The second-order valence-corrected chi connectivity index (χ2v) is 9.67. The fourth-order valence-corrected chi connectivity index (χ4v) is 4.97. The van der Waals surface area contributed by atoms with Crippen LogP contribution < -0.4 is 20.5 Å². The molecular weight excluding hydrogens is 498 g/mol. The Kier molecular flexibility index (Phi) is 7.36. The maximum absolute atomic E-state index is 13.0. The molecule has 1 aromatic heterocycles. The van der Waals surface area contributed by atoms with Crippen LogP contribution in [0, 0.1) is 0 Å². The lowest BCUT2D eigenvalue weighted by Crippen LogP contribution is -2.35. The van der Waals surface area contributed by atoms with Crippen LogP contribution in [0.5, 0.6) is 11.5 Å². The number of rotatable bonds is 9. The number of benzene rings is 2. The zero-order chi connectivity index (χ0) is 27.5. The normalized spacial score (nSPS) is 15.9. The predicted octanol–water partition coefficient (Wildman–Crippen LogP) is 3.92. The molecule has 3 aromatic rings. The molecule has 5 rings (SSSR count). The van der Waals surface area contributed by atoms with E-state index in [1.54, 1.807) is 29.8 Å². The number of fused-ring (bicyclic) bond motifs is 2. The van der Waals surface area contributed by atoms with Crippen LogP contribution in [0.2, 0.25) is 0 Å². The van der Waals surface area contributed by atoms with Gasteiger partial charge in [-0.2, -0.15) is 0 Å². The quantitative estimate of drug-likeness (QED) is 0.406. The van der Waals surface area contributed by atoms with E-state index < -0.39 is 5.91 Å². The van der Waals surface area contributed by atoms with Crippen molar-refractivity contribution in [1.82, 2.24) is 9.47 Å². The molecule has 3 N–H and O–H groups in total. The summed E-state index contributed by atoms with van der Waals surface area (Å²) in [6.07, 6.45) is 6.32. The van der Waals surface area contributed by atoms with Crippen molar-refractivity contribution in [3.05, 3.63) is 59.9 Å². The van der Waals surface area contributed by atoms with Crippen LogP contribution >= 0.6 is 0 Å². The number of aromatic nitrogens is 1. The molecule has 3 heterocycles. The van der Waals surface area contributed by atoms with Gasteiger partial charge in [-0.3, -0.25) is 19.4 Å². The van der Waals surface area contributed by atoms with E-state index in [1.807, 2.05) is 41.6 Å². The molecule has 10 heteroatoms. The molecule has 0 spiro atoms. The van der Waals surface area contributed by atoms with Crippen molar-refractivity contribution >= 4 is 35.3 Å². The van der Waals surface area contributed by atoms with Crippen LogP contribution in [0.15, 0.2) is 53.7 Å². The van der Waals surface area contributed by atoms with E-state index in [0.717, 1.165) is 30.5 Å². The number of aryl methyl sites for hydroxylation is 1. The lowest BCUT2D eigenvalue weighted by Gasteiger charge is -2.20. The number of nitrogens with one attached hydrogen (secondary N) is 1. The molecule has 2 aliphatic heterocycles. The van der Waals surface area contributed by atoms with E-state index in [9.17, 15) is 14.4 Å². The van der Waals surface area contributed by atoms with Gasteiger partial charge in [-0.25, -0.2) is 0 Å². The Balaban J connectivity index is 1.15. The van der Waals surface area contributed by atoms with Gasteiger partial charge in [0.15, 0.2) is 11.5 Å². The summed E-state index contributed by atoms with van der Waals surface area (Å²) in [5.74, 6) is 0.284. The third-order valence-electron chi connectivity index (χ3n) is 7.02. The minimum Gasteiger partial charge on any atom is -0.493 e. The molecular formula is C29H31N5O5. The number of ether oxygens (including phenoxy) is 2. The molecule has 10 nitrogen and oxygen atoms in total. The molecule has 1 atom stereocenters. The summed E-state index contributed by atoms with van der Waals surface area (Å²) in [6.45, 7) is 1.02. The molecule has 2 aliphatic rings. The van der Waals surface area contributed by atoms with Crippen LogP contribution in [0.25, 0.3) is 11.1 Å². The molecule has 39 heavy (non-hydrogen) atoms. The average molecular weight is 530 g/mol. The first kappa shape index (κ1) is 26.0. The van der Waals surface area contributed by atoms with Gasteiger partial charge in [0.25, 0.3) is 11.8 Å². The van der Waals surface area contributed by atoms with Gasteiger partial charge >= 0.3 is 0 Å². The number of hydrogen-bond donors (Lipinski definition) is 2. The highest BCUT2D eigenvalue weighted by atomic mass is 16.5. The lowest BCUT2D eigenvalue weighted by atomic mass is 10.1. The summed E-state index contributed by atoms with van der Waals surface area (Å²) in [5, 5.41) is 2.89. The molecule has 0 saturated carbocycles. The predicted molar refractivity (Wildman–Crippen MR) is 148 cm³/mol. The number of amides is 3. The summed E-state index contributed by atoms with van der Waals surface area (Å²) in [4.78, 5) is 43.4. The van der Waals surface area contributed by atoms with Crippen LogP contribution in [-0.2, 0) is 11.8 Å². The Morgan fingerprint density at radius 1 is 1.13 bits per heavy atom. The van der Waals surface area contributed by atoms with Gasteiger partial charge in [0.05, 0.1) is 31.0 Å². The summed E-state index contributed by atoms with van der Waals surface area (Å²) >= 11 is 0. The number of carbonyl (C=O) groups excluding carboxylic acids is 3. The Morgan fingerprint density at radius 3 is 2.64 bits per heavy atom. The van der Waals surface area contributed by atoms with Gasteiger partial charge in [-0.15, -0.1) is 0 Å². The number of nitrogens with two attached hydrogens (primary N) is 1. The fourth-order valence-electron chi connectivity index (χ4n) is 4.97. The van der Waals surface area contributed by atoms with Crippen LogP contribution in [-0.4, -0.2) is 59.7 Å². The van der Waals surface area contributed by atoms with Crippen LogP contribution in [0.1, 0.15) is 46.5 Å². The summed E-state index contributed by atoms with van der Waals surface area (Å²) in [7, 11) is 3.30. The number of hydrogen-bond acceptors (Lipinski definition) is 6. The van der Waals surface area contributed by atoms with Gasteiger partial charge in [-0.1, -0.05) is 12.1 Å². The zero-order valence-electron chi connectivity index (χ0n) is 22.0. The van der Waals surface area contributed by atoms with Crippen molar-refractivity contribution in [2.45, 2.75) is 31.7 Å². The molecule has 1 unspecified atom stereocenters. The second kappa shape index (κ2) is 11.0. The molecule has 202 valence electrons. The van der Waals surface area contributed by atoms with Crippen molar-refractivity contribution in [1.29, 1.82) is 0 Å². The van der Waals surface area contributed by atoms with Gasteiger partial charge in [-0.05, 0) is 49.1 Å². The highest BCUT2D eigenvalue weighted by Crippen LogP contribution is 2.38. The zero-order valence-corrected chi connectivity index (χ0v) is 22.0. The van der Waals surface area contributed by atoms with Crippen molar-refractivity contribution in [2.75, 3.05) is 25.6 Å². The van der Waals surface area contributed by atoms with Crippen molar-refractivity contribution in [3.8, 4) is 22.6 Å². The SMILES string of the molecule is COc1cc2c(cc1OCCCC(=O)Nc1ccc(-c3cc(C(N)=O)n(C)c3)cc1)N=CC1CCCN1C2=O. The Hall–Kier alpha value is -4.60. The van der Waals surface area contributed by atoms with Gasteiger partial charge in [0, 0.05) is 49.7 Å². The number of carbonyl (C=O) groups is 3. The van der Waals surface area contributed by atoms with E-state index >= 15 is 0 Å². The molecule has 3 amide bonds. The number of anilines is 1. The van der Waals surface area contributed by atoms with E-state index in [-0.39, 0.29) is 24.3 Å². The highest BCUT2D eigenvalue weighted by molar-refractivity contribution is 6.03. The largest absolute Gasteiger partial charge is 0.493 e. The van der Waals surface area contributed by atoms with Gasteiger partial charge in [0.1, 0.15) is 5.69 Å². The number of nitrogens with zero attached hydrogens (tertiary/aromatic N) is 3. The van der Waals surface area contributed by atoms with E-state index in [0.29, 0.717) is 47.2 Å². The Bertz CT molecular complexity index is 1440. The van der Waals surface area contributed by atoms with E-state index in [1.165, 1.54) is 7.11 Å². The standard InChI is InChI=1S/C29H31N5O5/c1-33-17-19(13-24(33)28(30)36)18-7-9-20(10-8-18)32-27(35)6-4-12-39-26-15-23-22(14-25(26)38-2)29(37)34-11-3-5-21(34)16-31-23/h7-10,13-17,21H,3-6,11-12H2,1-2H3,(H2,30,36)(H,32,35). The summed E-state index contributed by atoms with van der Waals surface area (Å²) in [5.41, 5.74) is 9.33. The minimum atomic E-state index is -0.485. The number of methoxy groups -OCH3 is 1. The lowest BCUT2D eigenvalue weighted by molar-refractivity contribution is -0.116. The first-order valence-corrected chi connectivity index (χ1v) is 12.9. The average Bonchev–Trinajstić information content (AvgIpc) is 3.53. The molecule has 0 bridgehead atoms. The second-order valence-electron chi connectivity index (χ2n) is 9.67. The molecule has 1 saturated heterocycles. The molecule has 1 fully saturated rings. The Morgan fingerprint density at radius 2 is 1.92 bits per heavy atom. The number of primary amides is 1. The highest BCUT2D eigenvalue weighted by Gasteiger charge is 2.32. The summed E-state index contributed by atoms with van der Waals surface area (Å²) in [6, 6.07) is 12.6.